The molecule has 3 aromatic rings. The Morgan fingerprint density at radius 1 is 1.29 bits per heavy atom. The SMILES string of the molecule is CCCCc1nnc2c(=O)[nH]c3c(n12)Cc1ccccc1-3. The van der Waals surface area contributed by atoms with Crippen LogP contribution >= 0.6 is 0 Å². The first-order valence-corrected chi connectivity index (χ1v) is 7.37. The van der Waals surface area contributed by atoms with E-state index in [1.54, 1.807) is 0 Å². The first kappa shape index (κ1) is 12.3. The number of fused-ring (bicyclic) bond motifs is 5. The molecule has 5 nitrogen and oxygen atoms in total. The average Bonchev–Trinajstić information content (AvgIpc) is 3.07. The van der Waals surface area contributed by atoms with Gasteiger partial charge in [-0.2, -0.15) is 0 Å². The predicted molar refractivity (Wildman–Crippen MR) is 80.5 cm³/mol. The second-order valence-corrected chi connectivity index (χ2v) is 5.49. The molecule has 0 spiro atoms. The molecule has 1 aliphatic rings. The predicted octanol–water partition coefficient (Wildman–Crippen LogP) is 2.33. The van der Waals surface area contributed by atoms with Crippen LogP contribution in [-0.4, -0.2) is 19.6 Å². The van der Waals surface area contributed by atoms with E-state index in [0.29, 0.717) is 5.65 Å². The van der Waals surface area contributed by atoms with Crippen molar-refractivity contribution in [1.29, 1.82) is 0 Å². The van der Waals surface area contributed by atoms with Crippen molar-refractivity contribution < 1.29 is 0 Å². The zero-order valence-corrected chi connectivity index (χ0v) is 11.9. The number of aryl methyl sites for hydroxylation is 1. The van der Waals surface area contributed by atoms with E-state index in [9.17, 15) is 4.79 Å². The molecule has 0 amide bonds. The minimum atomic E-state index is -0.166. The van der Waals surface area contributed by atoms with Gasteiger partial charge in [0.25, 0.3) is 5.56 Å². The van der Waals surface area contributed by atoms with Gasteiger partial charge in [0, 0.05) is 18.4 Å². The summed E-state index contributed by atoms with van der Waals surface area (Å²) in [6.07, 6.45) is 3.82. The summed E-state index contributed by atoms with van der Waals surface area (Å²) in [4.78, 5) is 15.2. The van der Waals surface area contributed by atoms with Crippen molar-refractivity contribution in [2.75, 3.05) is 0 Å². The summed E-state index contributed by atoms with van der Waals surface area (Å²) in [6.45, 7) is 2.15. The van der Waals surface area contributed by atoms with E-state index in [4.69, 9.17) is 0 Å². The van der Waals surface area contributed by atoms with Gasteiger partial charge in [0.05, 0.1) is 11.4 Å². The number of hydrogen-bond acceptors (Lipinski definition) is 3. The van der Waals surface area contributed by atoms with Crippen molar-refractivity contribution >= 4 is 5.65 Å². The second-order valence-electron chi connectivity index (χ2n) is 5.49. The number of aromatic amines is 1. The number of aromatic nitrogens is 4. The van der Waals surface area contributed by atoms with Crippen molar-refractivity contribution in [2.24, 2.45) is 0 Å². The van der Waals surface area contributed by atoms with Gasteiger partial charge in [-0.1, -0.05) is 37.6 Å². The monoisotopic (exact) mass is 280 g/mol. The Hall–Kier alpha value is -2.43. The lowest BCUT2D eigenvalue weighted by atomic mass is 10.1. The van der Waals surface area contributed by atoms with Crippen LogP contribution in [0.5, 0.6) is 0 Å². The number of benzene rings is 1. The molecule has 0 bridgehead atoms. The summed E-state index contributed by atoms with van der Waals surface area (Å²) in [5, 5.41) is 8.31. The lowest BCUT2D eigenvalue weighted by Gasteiger charge is -2.06. The van der Waals surface area contributed by atoms with E-state index in [0.717, 1.165) is 48.5 Å². The van der Waals surface area contributed by atoms with E-state index >= 15 is 0 Å². The fourth-order valence-electron chi connectivity index (χ4n) is 3.09. The van der Waals surface area contributed by atoms with Gasteiger partial charge < -0.3 is 4.98 Å². The zero-order chi connectivity index (χ0) is 14.4. The summed E-state index contributed by atoms with van der Waals surface area (Å²) < 4.78 is 1.96. The molecule has 2 aromatic heterocycles. The van der Waals surface area contributed by atoms with Crippen molar-refractivity contribution in [2.45, 2.75) is 32.6 Å². The first-order chi connectivity index (χ1) is 10.3. The van der Waals surface area contributed by atoms with Crippen LogP contribution in [0.25, 0.3) is 16.9 Å². The Kier molecular flexibility index (Phi) is 2.67. The van der Waals surface area contributed by atoms with Crippen LogP contribution in [0, 0.1) is 0 Å². The number of unbranched alkanes of at least 4 members (excludes halogenated alkanes) is 1. The third kappa shape index (κ3) is 1.73. The van der Waals surface area contributed by atoms with E-state index in [1.165, 1.54) is 5.56 Å². The van der Waals surface area contributed by atoms with Gasteiger partial charge in [0.1, 0.15) is 5.82 Å². The highest BCUT2D eigenvalue weighted by Gasteiger charge is 2.24. The maximum atomic E-state index is 12.3. The molecule has 0 atom stereocenters. The molecule has 0 saturated heterocycles. The van der Waals surface area contributed by atoms with E-state index < -0.39 is 0 Å². The van der Waals surface area contributed by atoms with Gasteiger partial charge in [-0.15, -0.1) is 10.2 Å². The maximum Gasteiger partial charge on any atom is 0.294 e. The fourth-order valence-corrected chi connectivity index (χ4v) is 3.09. The molecule has 0 radical (unpaired) electrons. The standard InChI is InChI=1S/C16H16N4O/c1-2-3-8-13-18-19-15-16(21)17-14-11-7-5-4-6-10(11)9-12(14)20(13)15/h4-7H,2-3,8-9H2,1H3,(H,17,21). The molecular weight excluding hydrogens is 264 g/mol. The Morgan fingerprint density at radius 2 is 2.14 bits per heavy atom. The smallest absolute Gasteiger partial charge is 0.294 e. The van der Waals surface area contributed by atoms with E-state index in [-0.39, 0.29) is 5.56 Å². The molecule has 1 aromatic carbocycles. The second kappa shape index (κ2) is 4.55. The molecular formula is C16H16N4O. The molecule has 21 heavy (non-hydrogen) atoms. The van der Waals surface area contributed by atoms with Crippen LogP contribution in [0.1, 0.15) is 36.8 Å². The number of nitrogens with one attached hydrogen (secondary N) is 1. The Balaban J connectivity index is 2.00. The van der Waals surface area contributed by atoms with E-state index in [2.05, 4.69) is 34.2 Å². The van der Waals surface area contributed by atoms with Crippen LogP contribution < -0.4 is 5.56 Å². The number of H-pyrrole nitrogens is 1. The quantitative estimate of drug-likeness (QED) is 0.626. The van der Waals surface area contributed by atoms with Crippen molar-refractivity contribution in [1.82, 2.24) is 19.6 Å². The van der Waals surface area contributed by atoms with Crippen molar-refractivity contribution in [3.05, 3.63) is 51.7 Å². The summed E-state index contributed by atoms with van der Waals surface area (Å²) >= 11 is 0. The number of hydrogen-bond donors (Lipinski definition) is 1. The van der Waals surface area contributed by atoms with Crippen LogP contribution in [0.4, 0.5) is 0 Å². The van der Waals surface area contributed by atoms with Gasteiger partial charge in [-0.05, 0) is 12.0 Å². The third-order valence-electron chi connectivity index (χ3n) is 4.13. The highest BCUT2D eigenvalue weighted by molar-refractivity contribution is 5.73. The number of rotatable bonds is 3. The molecule has 2 heterocycles. The average molecular weight is 280 g/mol. The maximum absolute atomic E-state index is 12.3. The van der Waals surface area contributed by atoms with Crippen LogP contribution in [0.15, 0.2) is 29.1 Å². The van der Waals surface area contributed by atoms with Crippen molar-refractivity contribution in [3.8, 4) is 11.3 Å². The summed E-state index contributed by atoms with van der Waals surface area (Å²) in [6, 6.07) is 8.19. The zero-order valence-electron chi connectivity index (χ0n) is 11.9. The topological polar surface area (TPSA) is 63.0 Å². The Bertz CT molecular complexity index is 891. The van der Waals surface area contributed by atoms with Crippen LogP contribution in [0.2, 0.25) is 0 Å². The van der Waals surface area contributed by atoms with E-state index in [1.807, 2.05) is 16.5 Å². The minimum Gasteiger partial charge on any atom is -0.317 e. The van der Waals surface area contributed by atoms with Gasteiger partial charge in [-0.25, -0.2) is 0 Å². The summed E-state index contributed by atoms with van der Waals surface area (Å²) in [5.74, 6) is 0.891. The van der Waals surface area contributed by atoms with Crippen LogP contribution in [-0.2, 0) is 12.8 Å². The molecule has 1 aliphatic carbocycles. The lowest BCUT2D eigenvalue weighted by Crippen LogP contribution is -2.15. The highest BCUT2D eigenvalue weighted by Crippen LogP contribution is 2.34. The molecule has 5 heteroatoms. The minimum absolute atomic E-state index is 0.166. The highest BCUT2D eigenvalue weighted by atomic mass is 16.1. The Morgan fingerprint density at radius 3 is 3.00 bits per heavy atom. The molecule has 0 aliphatic heterocycles. The first-order valence-electron chi connectivity index (χ1n) is 7.37. The molecule has 0 fully saturated rings. The Labute approximate surface area is 121 Å². The van der Waals surface area contributed by atoms with Crippen molar-refractivity contribution in [3.63, 3.8) is 0 Å². The third-order valence-corrected chi connectivity index (χ3v) is 4.13. The molecule has 0 saturated carbocycles. The van der Waals surface area contributed by atoms with Gasteiger partial charge >= 0.3 is 0 Å². The summed E-state index contributed by atoms with van der Waals surface area (Å²) in [7, 11) is 0. The lowest BCUT2D eigenvalue weighted by molar-refractivity contribution is 0.737. The summed E-state index contributed by atoms with van der Waals surface area (Å²) in [5.41, 5.74) is 4.61. The van der Waals surface area contributed by atoms with Gasteiger partial charge in [-0.3, -0.25) is 9.20 Å². The fraction of sp³-hybridized carbons (Fsp3) is 0.312. The molecule has 0 unspecified atom stereocenters. The van der Waals surface area contributed by atoms with Gasteiger partial charge in [0.2, 0.25) is 5.65 Å². The normalized spacial score (nSPS) is 12.6. The largest absolute Gasteiger partial charge is 0.317 e. The molecule has 106 valence electrons. The van der Waals surface area contributed by atoms with Crippen LogP contribution in [0.3, 0.4) is 0 Å². The number of nitrogens with zero attached hydrogens (tertiary/aromatic N) is 3. The molecule has 1 N–H and O–H groups in total. The molecule has 4 rings (SSSR count). The van der Waals surface area contributed by atoms with Gasteiger partial charge in [0.15, 0.2) is 0 Å².